The first kappa shape index (κ1) is 55.5. The van der Waals surface area contributed by atoms with E-state index < -0.39 is 133 Å². The third-order valence-corrected chi connectivity index (χ3v) is 14.5. The van der Waals surface area contributed by atoms with Crippen LogP contribution in [0.15, 0.2) is 55.0 Å². The van der Waals surface area contributed by atoms with Crippen molar-refractivity contribution in [2.24, 2.45) is 23.7 Å². The maximum atomic E-state index is 14.6. The van der Waals surface area contributed by atoms with Crippen LogP contribution in [0.1, 0.15) is 85.0 Å². The topological polar surface area (TPSA) is 257 Å². The third kappa shape index (κ3) is 12.3. The number of nitrogens with one attached hydrogen (secondary N) is 1. The van der Waals surface area contributed by atoms with E-state index in [1.54, 1.807) is 46.3 Å². The van der Waals surface area contributed by atoms with Crippen LogP contribution in [0.2, 0.25) is 0 Å². The summed E-state index contributed by atoms with van der Waals surface area (Å²) in [6.07, 6.45) is -2.24. The molecule has 3 aromatic rings. The number of Topliss-reactive ketones (excluding diaryl/α,β-unsaturated/α-hetero) is 2. The van der Waals surface area contributed by atoms with E-state index in [1.165, 1.54) is 32.6 Å². The van der Waals surface area contributed by atoms with Crippen LogP contribution in [0.3, 0.4) is 0 Å². The quantitative estimate of drug-likeness (QED) is 0.0740. The molecular formula is C50H72FN7O13. The van der Waals surface area contributed by atoms with Gasteiger partial charge in [0.1, 0.15) is 42.7 Å². The smallest absolute Gasteiger partial charge is 0.425 e. The molecule has 15 atom stereocenters. The van der Waals surface area contributed by atoms with Crippen molar-refractivity contribution < 1.29 is 67.7 Å². The molecule has 0 radical (unpaired) electrons. The number of aliphatic hydroxyl groups excluding tert-OH is 3. The normalized spacial score (nSPS) is 33.1. The van der Waals surface area contributed by atoms with Crippen LogP contribution >= 0.6 is 0 Å². The first-order valence-electron chi connectivity index (χ1n) is 24.4. The van der Waals surface area contributed by atoms with Gasteiger partial charge in [0.15, 0.2) is 23.5 Å². The molecule has 3 aliphatic heterocycles. The molecule has 0 bridgehead atoms. The van der Waals surface area contributed by atoms with Gasteiger partial charge in [-0.2, -0.15) is 0 Å². The lowest BCUT2D eigenvalue weighted by Crippen LogP contribution is -2.62. The van der Waals surface area contributed by atoms with Gasteiger partial charge < -0.3 is 49.0 Å². The fourth-order valence-corrected chi connectivity index (χ4v) is 10.3. The molecule has 2 aromatic heterocycles. The summed E-state index contributed by atoms with van der Waals surface area (Å²) in [6.45, 7) is 9.73. The van der Waals surface area contributed by atoms with Crippen LogP contribution in [0.5, 0.6) is 0 Å². The van der Waals surface area contributed by atoms with Gasteiger partial charge in [-0.1, -0.05) is 63.2 Å². The van der Waals surface area contributed by atoms with Crippen molar-refractivity contribution in [1.29, 1.82) is 0 Å². The summed E-state index contributed by atoms with van der Waals surface area (Å²) in [5.41, 5.74) is 4.64. The van der Waals surface area contributed by atoms with Crippen LogP contribution in [0, 0.1) is 23.7 Å². The van der Waals surface area contributed by atoms with E-state index in [0.29, 0.717) is 31.5 Å². The van der Waals surface area contributed by atoms with Crippen molar-refractivity contribution in [2.75, 3.05) is 40.5 Å². The molecule has 0 aliphatic carbocycles. The van der Waals surface area contributed by atoms with Crippen LogP contribution in [-0.4, -0.2) is 175 Å². The van der Waals surface area contributed by atoms with E-state index >= 15 is 0 Å². The van der Waals surface area contributed by atoms with E-state index in [9.17, 15) is 44.0 Å². The lowest BCUT2D eigenvalue weighted by Gasteiger charge is -2.46. The summed E-state index contributed by atoms with van der Waals surface area (Å²) >= 11 is 0. The molecule has 71 heavy (non-hydrogen) atoms. The van der Waals surface area contributed by atoms with E-state index in [2.05, 4.69) is 20.7 Å². The molecule has 3 saturated heterocycles. The largest absolute Gasteiger partial charge is 0.458 e. The summed E-state index contributed by atoms with van der Waals surface area (Å²) in [7, 11) is 3.00. The number of cyclic esters (lactones) is 1. The number of carbonyl (C=O) groups is 4. The highest BCUT2D eigenvalue weighted by molar-refractivity contribution is 6.00. The average molecular weight is 998 g/mol. The zero-order valence-corrected chi connectivity index (χ0v) is 42.1. The molecule has 392 valence electrons. The Kier molecular flexibility index (Phi) is 18.6. The number of fused-ring (bicyclic) bond motifs is 1. The number of halogens is 1. The Bertz CT molecular complexity index is 2260. The van der Waals surface area contributed by atoms with Crippen molar-refractivity contribution in [3.63, 3.8) is 0 Å². The molecule has 1 aromatic carbocycles. The molecule has 20 nitrogen and oxygen atoms in total. The number of hydrazine groups is 1. The highest BCUT2D eigenvalue weighted by atomic mass is 19.1. The molecule has 5 N–H and O–H groups in total. The van der Waals surface area contributed by atoms with E-state index in [-0.39, 0.29) is 13.0 Å². The first-order chi connectivity index (χ1) is 33.7. The first-order valence-corrected chi connectivity index (χ1v) is 24.4. The van der Waals surface area contributed by atoms with Gasteiger partial charge in [-0.25, -0.2) is 24.3 Å². The number of carbonyl (C=O) groups excluding carboxylic acids is 4. The predicted octanol–water partition coefficient (Wildman–Crippen LogP) is 3.00. The number of nitrogens with zero attached hydrogens (tertiary/aromatic N) is 6. The van der Waals surface area contributed by atoms with Gasteiger partial charge in [0.05, 0.1) is 30.6 Å². The number of methoxy groups -OCH3 is 1. The molecule has 5 heterocycles. The fourth-order valence-electron chi connectivity index (χ4n) is 10.3. The lowest BCUT2D eigenvalue weighted by molar-refractivity contribution is -0.335. The molecule has 21 heteroatoms. The summed E-state index contributed by atoms with van der Waals surface area (Å²) in [4.78, 5) is 62.5. The number of benzene rings is 1. The zero-order valence-electron chi connectivity index (χ0n) is 42.1. The van der Waals surface area contributed by atoms with Crippen molar-refractivity contribution in [3.8, 4) is 11.1 Å². The number of ketones is 2. The Morgan fingerprint density at radius 3 is 2.39 bits per heavy atom. The summed E-state index contributed by atoms with van der Waals surface area (Å²) in [5.74, 6) is -9.42. The predicted molar refractivity (Wildman–Crippen MR) is 253 cm³/mol. The number of amides is 1. The number of likely N-dealkylation sites (N-methyl/N-ethyl adjacent to an activating group) is 1. The molecule has 6 rings (SSSR count). The van der Waals surface area contributed by atoms with E-state index in [4.69, 9.17) is 23.7 Å². The SMILES string of the molecule is CCC1OC(=O)[C@H](C)C(=O)[C@@H](C)C(O[C@@H]2O[C@H](C)C[C@H](N(C)CCc3cn([C@H](CF)Cc4ccc(-c5cccnc5)cc4)nn3)C2O)C(O)(OC)C[C@H](C)C(=O)[C@H](C)[C@H]2N(NCC(O)CO)C(=O)O[C@@]12C. The third-order valence-electron chi connectivity index (χ3n) is 14.5. The van der Waals surface area contributed by atoms with Gasteiger partial charge >= 0.3 is 12.1 Å². The number of pyridine rings is 1. The summed E-state index contributed by atoms with van der Waals surface area (Å²) in [6, 6.07) is 9.40. The molecule has 5 unspecified atom stereocenters. The zero-order chi connectivity index (χ0) is 51.9. The van der Waals surface area contributed by atoms with Crippen LogP contribution in [0.4, 0.5) is 9.18 Å². The Morgan fingerprint density at radius 2 is 1.76 bits per heavy atom. The Balaban J connectivity index is 1.19. The second-order valence-corrected chi connectivity index (χ2v) is 19.7. The number of hydrogen-bond acceptors (Lipinski definition) is 18. The highest BCUT2D eigenvalue weighted by Crippen LogP contribution is 2.42. The lowest BCUT2D eigenvalue weighted by atomic mass is 9.75. The molecule has 3 fully saturated rings. The van der Waals surface area contributed by atoms with Gasteiger partial charge in [-0.3, -0.25) is 19.4 Å². The minimum absolute atomic E-state index is 0.107. The molecule has 1 amide bonds. The maximum absolute atomic E-state index is 14.6. The maximum Gasteiger partial charge on any atom is 0.425 e. The van der Waals surface area contributed by atoms with E-state index in [1.807, 2.05) is 48.3 Å². The monoisotopic (exact) mass is 998 g/mol. The number of ether oxygens (including phenoxy) is 5. The number of aliphatic hydroxyl groups is 4. The van der Waals surface area contributed by atoms with Crippen molar-refractivity contribution >= 4 is 23.6 Å². The number of esters is 1. The van der Waals surface area contributed by atoms with Gasteiger partial charge in [0.2, 0.25) is 0 Å². The Hall–Kier alpha value is -4.84. The average Bonchev–Trinajstić information content (AvgIpc) is 3.95. The molecule has 0 saturated carbocycles. The fraction of sp³-hybridized carbons (Fsp3) is 0.660. The summed E-state index contributed by atoms with van der Waals surface area (Å²) in [5, 5.41) is 53.7. The molecule has 0 spiro atoms. The second-order valence-electron chi connectivity index (χ2n) is 19.7. The van der Waals surface area contributed by atoms with E-state index in [0.717, 1.165) is 21.7 Å². The van der Waals surface area contributed by atoms with Crippen LogP contribution in [-0.2, 0) is 50.9 Å². The number of hydrogen-bond donors (Lipinski definition) is 5. The summed E-state index contributed by atoms with van der Waals surface area (Å²) < 4.78 is 46.3. The number of aromatic nitrogens is 4. The number of alkyl halides is 1. The second kappa shape index (κ2) is 23.8. The van der Waals surface area contributed by atoms with Gasteiger partial charge in [-0.15, -0.1) is 5.10 Å². The standard InChI is InChI=1S/C50H72FN7O13/c1-10-40-49(7)44(58(48(65)71-49)53-25-38(60)27-59)30(4)41(61)28(2)22-50(66,67-9)45(31(5)42(62)32(6)46(64)69-40)70-47-43(63)39(20-29(3)68-47)56(8)19-17-36-26-57(55-54-36)37(23-51)21-33-13-15-34(16-14-33)35-12-11-18-52-24-35/h11-16,18,24,26,28-32,37-40,43-45,47,53,59-60,63,66H,10,17,19-23,25,27H2,1-9H3/t28-,29+,30-,31+,32+,37-,38?,39-,40?,43?,44+,45?,47-,49-,50?/m0/s1. The minimum atomic E-state index is -2.41. The van der Waals surface area contributed by atoms with Gasteiger partial charge in [-0.05, 0) is 69.8 Å². The van der Waals surface area contributed by atoms with Crippen LogP contribution in [0.25, 0.3) is 11.1 Å². The van der Waals surface area contributed by atoms with Gasteiger partial charge in [0, 0.05) is 75.4 Å². The van der Waals surface area contributed by atoms with Crippen LogP contribution < -0.4 is 5.43 Å². The number of rotatable bonds is 17. The minimum Gasteiger partial charge on any atom is -0.458 e. The molecular weight excluding hydrogens is 926 g/mol. The molecule has 3 aliphatic rings. The Morgan fingerprint density at radius 1 is 1.04 bits per heavy atom. The van der Waals surface area contributed by atoms with Crippen molar-refractivity contribution in [3.05, 3.63) is 66.2 Å². The highest BCUT2D eigenvalue weighted by Gasteiger charge is 2.61. The Labute approximate surface area is 414 Å². The van der Waals surface area contributed by atoms with Crippen molar-refractivity contribution in [1.82, 2.24) is 35.3 Å². The van der Waals surface area contributed by atoms with Gasteiger partial charge in [0.25, 0.3) is 0 Å². The van der Waals surface area contributed by atoms with Crippen molar-refractivity contribution in [2.45, 2.75) is 147 Å².